The van der Waals surface area contributed by atoms with Crippen LogP contribution in [-0.2, 0) is 18.4 Å². The Morgan fingerprint density at radius 3 is 2.87 bits per heavy atom. The highest BCUT2D eigenvalue weighted by Gasteiger charge is 2.03. The number of aryl methyl sites for hydroxylation is 1. The SMILES string of the molecule is CN(C)C(=O)CCNCc1cn(C)nn1. The molecule has 0 radical (unpaired) electrons. The zero-order valence-corrected chi connectivity index (χ0v) is 9.40. The van der Waals surface area contributed by atoms with Crippen molar-refractivity contribution < 1.29 is 4.79 Å². The summed E-state index contributed by atoms with van der Waals surface area (Å²) in [6, 6.07) is 0. The molecule has 84 valence electrons. The number of rotatable bonds is 5. The average Bonchev–Trinajstić information content (AvgIpc) is 2.58. The summed E-state index contributed by atoms with van der Waals surface area (Å²) >= 11 is 0. The Hall–Kier alpha value is -1.43. The zero-order valence-electron chi connectivity index (χ0n) is 9.40. The summed E-state index contributed by atoms with van der Waals surface area (Å²) in [5.74, 6) is 0.127. The molecule has 0 saturated heterocycles. The lowest BCUT2D eigenvalue weighted by atomic mass is 10.3. The molecule has 0 aliphatic rings. The molecule has 1 aromatic heterocycles. The Morgan fingerprint density at radius 2 is 2.33 bits per heavy atom. The van der Waals surface area contributed by atoms with Crippen molar-refractivity contribution in [1.29, 1.82) is 0 Å². The number of carbonyl (C=O) groups excluding carboxylic acids is 1. The summed E-state index contributed by atoms with van der Waals surface area (Å²) in [7, 11) is 5.34. The highest BCUT2D eigenvalue weighted by Crippen LogP contribution is 1.90. The van der Waals surface area contributed by atoms with Gasteiger partial charge in [-0.1, -0.05) is 5.21 Å². The van der Waals surface area contributed by atoms with Gasteiger partial charge in [-0.25, -0.2) is 0 Å². The number of hydrogen-bond donors (Lipinski definition) is 1. The van der Waals surface area contributed by atoms with Gasteiger partial charge < -0.3 is 10.2 Å². The third kappa shape index (κ3) is 4.07. The summed E-state index contributed by atoms with van der Waals surface area (Å²) < 4.78 is 1.65. The Morgan fingerprint density at radius 1 is 1.60 bits per heavy atom. The maximum Gasteiger partial charge on any atom is 0.223 e. The molecule has 0 aromatic carbocycles. The molecular weight excluding hydrogens is 194 g/mol. The molecule has 1 amide bonds. The van der Waals surface area contributed by atoms with Crippen molar-refractivity contribution in [2.45, 2.75) is 13.0 Å². The minimum absolute atomic E-state index is 0.127. The average molecular weight is 211 g/mol. The van der Waals surface area contributed by atoms with E-state index in [1.807, 2.05) is 13.2 Å². The normalized spacial score (nSPS) is 10.3. The number of nitrogens with zero attached hydrogens (tertiary/aromatic N) is 4. The van der Waals surface area contributed by atoms with Gasteiger partial charge in [0.15, 0.2) is 0 Å². The number of carbonyl (C=O) groups is 1. The summed E-state index contributed by atoms with van der Waals surface area (Å²) in [5.41, 5.74) is 0.884. The predicted molar refractivity (Wildman–Crippen MR) is 56.0 cm³/mol. The van der Waals surface area contributed by atoms with Crippen LogP contribution in [0, 0.1) is 0 Å². The molecule has 1 heterocycles. The Kier molecular flexibility index (Phi) is 4.23. The topological polar surface area (TPSA) is 63.1 Å². The number of nitrogens with one attached hydrogen (secondary N) is 1. The van der Waals surface area contributed by atoms with Crippen molar-refractivity contribution in [1.82, 2.24) is 25.2 Å². The van der Waals surface area contributed by atoms with Gasteiger partial charge in [-0.05, 0) is 0 Å². The van der Waals surface area contributed by atoms with Gasteiger partial charge in [-0.3, -0.25) is 9.48 Å². The largest absolute Gasteiger partial charge is 0.349 e. The Balaban J connectivity index is 2.15. The minimum Gasteiger partial charge on any atom is -0.349 e. The van der Waals surface area contributed by atoms with Crippen LogP contribution in [0.4, 0.5) is 0 Å². The molecule has 1 aromatic rings. The lowest BCUT2D eigenvalue weighted by molar-refractivity contribution is -0.128. The van der Waals surface area contributed by atoms with Crippen LogP contribution in [0.5, 0.6) is 0 Å². The first-order valence-electron chi connectivity index (χ1n) is 4.85. The highest BCUT2D eigenvalue weighted by molar-refractivity contribution is 5.75. The van der Waals surface area contributed by atoms with E-state index >= 15 is 0 Å². The van der Waals surface area contributed by atoms with Crippen LogP contribution < -0.4 is 5.32 Å². The predicted octanol–water partition coefficient (Wildman–Crippen LogP) is -0.617. The van der Waals surface area contributed by atoms with Crippen molar-refractivity contribution in [3.8, 4) is 0 Å². The fourth-order valence-electron chi connectivity index (χ4n) is 1.11. The number of amides is 1. The first kappa shape index (κ1) is 11.6. The van der Waals surface area contributed by atoms with Gasteiger partial charge in [0.2, 0.25) is 5.91 Å². The van der Waals surface area contributed by atoms with E-state index in [9.17, 15) is 4.79 Å². The second-order valence-electron chi connectivity index (χ2n) is 3.60. The van der Waals surface area contributed by atoms with Crippen molar-refractivity contribution >= 4 is 5.91 Å². The number of hydrogen-bond acceptors (Lipinski definition) is 4. The minimum atomic E-state index is 0.127. The summed E-state index contributed by atoms with van der Waals surface area (Å²) in [6.45, 7) is 1.31. The molecule has 0 aliphatic carbocycles. The number of aromatic nitrogens is 3. The van der Waals surface area contributed by atoms with Crippen molar-refractivity contribution in [3.05, 3.63) is 11.9 Å². The summed E-state index contributed by atoms with van der Waals surface area (Å²) in [6.07, 6.45) is 2.36. The van der Waals surface area contributed by atoms with Crippen LogP contribution in [0.3, 0.4) is 0 Å². The van der Waals surface area contributed by atoms with E-state index in [-0.39, 0.29) is 5.91 Å². The van der Waals surface area contributed by atoms with Crippen LogP contribution in [0.2, 0.25) is 0 Å². The lowest BCUT2D eigenvalue weighted by Gasteiger charge is -2.09. The van der Waals surface area contributed by atoms with E-state index in [4.69, 9.17) is 0 Å². The van der Waals surface area contributed by atoms with Crippen LogP contribution >= 0.6 is 0 Å². The fourth-order valence-corrected chi connectivity index (χ4v) is 1.11. The first-order valence-corrected chi connectivity index (χ1v) is 4.85. The maximum atomic E-state index is 11.2. The molecule has 0 spiro atoms. The van der Waals surface area contributed by atoms with Crippen LogP contribution in [0.25, 0.3) is 0 Å². The van der Waals surface area contributed by atoms with Gasteiger partial charge in [0, 0.05) is 46.9 Å². The van der Waals surface area contributed by atoms with E-state index in [0.29, 0.717) is 19.5 Å². The summed E-state index contributed by atoms with van der Waals surface area (Å²) in [4.78, 5) is 12.8. The monoisotopic (exact) mass is 211 g/mol. The molecule has 1 N–H and O–H groups in total. The van der Waals surface area contributed by atoms with Crippen LogP contribution in [-0.4, -0.2) is 46.4 Å². The van der Waals surface area contributed by atoms with Crippen molar-refractivity contribution in [2.75, 3.05) is 20.6 Å². The Labute approximate surface area is 89.3 Å². The van der Waals surface area contributed by atoms with Crippen molar-refractivity contribution in [2.24, 2.45) is 7.05 Å². The first-order chi connectivity index (χ1) is 7.09. The molecule has 6 nitrogen and oxygen atoms in total. The van der Waals surface area contributed by atoms with E-state index < -0.39 is 0 Å². The molecule has 0 atom stereocenters. The molecule has 0 aliphatic heterocycles. The van der Waals surface area contributed by atoms with Gasteiger partial charge in [0.1, 0.15) is 0 Å². The smallest absolute Gasteiger partial charge is 0.223 e. The second-order valence-corrected chi connectivity index (χ2v) is 3.60. The zero-order chi connectivity index (χ0) is 11.3. The maximum absolute atomic E-state index is 11.2. The molecule has 6 heteroatoms. The quantitative estimate of drug-likeness (QED) is 0.659. The van der Waals surface area contributed by atoms with Gasteiger partial charge in [-0.15, -0.1) is 5.10 Å². The van der Waals surface area contributed by atoms with Crippen molar-refractivity contribution in [3.63, 3.8) is 0 Å². The highest BCUT2D eigenvalue weighted by atomic mass is 16.2. The second kappa shape index (κ2) is 5.45. The molecule has 1 rings (SSSR count). The molecule has 0 unspecified atom stereocenters. The summed E-state index contributed by atoms with van der Waals surface area (Å²) in [5, 5.41) is 10.9. The van der Waals surface area contributed by atoms with Crippen LogP contribution in [0.1, 0.15) is 12.1 Å². The van der Waals surface area contributed by atoms with Crippen LogP contribution in [0.15, 0.2) is 6.20 Å². The molecule has 15 heavy (non-hydrogen) atoms. The van der Waals surface area contributed by atoms with Gasteiger partial charge in [-0.2, -0.15) is 0 Å². The van der Waals surface area contributed by atoms with E-state index in [1.165, 1.54) is 0 Å². The molecule has 0 bridgehead atoms. The fraction of sp³-hybridized carbons (Fsp3) is 0.667. The standard InChI is InChI=1S/C9H17N5O/c1-13(2)9(15)4-5-10-6-8-7-14(3)12-11-8/h7,10H,4-6H2,1-3H3. The van der Waals surface area contributed by atoms with Gasteiger partial charge in [0.25, 0.3) is 0 Å². The van der Waals surface area contributed by atoms with E-state index in [2.05, 4.69) is 15.6 Å². The third-order valence-corrected chi connectivity index (χ3v) is 1.97. The molecule has 0 fully saturated rings. The Bertz CT molecular complexity index is 320. The van der Waals surface area contributed by atoms with E-state index in [0.717, 1.165) is 5.69 Å². The third-order valence-electron chi connectivity index (χ3n) is 1.97. The molecular formula is C9H17N5O. The molecule has 0 saturated carbocycles. The van der Waals surface area contributed by atoms with Gasteiger partial charge in [0.05, 0.1) is 5.69 Å². The van der Waals surface area contributed by atoms with Gasteiger partial charge >= 0.3 is 0 Å². The lowest BCUT2D eigenvalue weighted by Crippen LogP contribution is -2.26. The van der Waals surface area contributed by atoms with E-state index in [1.54, 1.807) is 23.7 Å².